The van der Waals surface area contributed by atoms with E-state index in [2.05, 4.69) is 5.32 Å². The number of nitrogen functional groups attached to an aromatic ring is 1. The highest BCUT2D eigenvalue weighted by Gasteiger charge is 2.27. The average molecular weight is 470 g/mol. The third-order valence-corrected chi connectivity index (χ3v) is 7.56. The molecule has 7 nitrogen and oxygen atoms in total. The van der Waals surface area contributed by atoms with E-state index in [1.54, 1.807) is 55.5 Å². The van der Waals surface area contributed by atoms with Gasteiger partial charge < -0.3 is 15.6 Å². The summed E-state index contributed by atoms with van der Waals surface area (Å²) in [5.74, 6) is -0.338. The summed E-state index contributed by atoms with van der Waals surface area (Å²) in [5, 5.41) is 14.3. The highest BCUT2D eigenvalue weighted by molar-refractivity contribution is 7.53. The Morgan fingerprint density at radius 3 is 2.56 bits per heavy atom. The van der Waals surface area contributed by atoms with Gasteiger partial charge in [0.1, 0.15) is 0 Å². The molecule has 1 heterocycles. The number of nitrogens with two attached hydrogens (primary N) is 1. The van der Waals surface area contributed by atoms with Crippen molar-refractivity contribution in [3.05, 3.63) is 71.1 Å². The number of hydrogen-bond acceptors (Lipinski definition) is 7. The number of benzene rings is 2. The molecule has 166 valence electrons. The standard InChI is InChI=1S/C23H24N3O4PS/c1-3-29-31(28,4-2)30-21(15-24)16-7-9-17(10-8-16)23(27)26-20-14-18(11-12-19(20)25)22-6-5-13-32-22/h5-14,21H,3-4,25H2,1-2H3,(H,26,27). The van der Waals surface area contributed by atoms with Crippen LogP contribution in [0, 0.1) is 11.3 Å². The lowest BCUT2D eigenvalue weighted by Crippen LogP contribution is -2.13. The minimum absolute atomic E-state index is 0.158. The molecule has 0 fully saturated rings. The molecule has 1 aromatic heterocycles. The van der Waals surface area contributed by atoms with E-state index in [4.69, 9.17) is 14.8 Å². The maximum Gasteiger partial charge on any atom is 0.331 e. The van der Waals surface area contributed by atoms with Gasteiger partial charge in [0, 0.05) is 16.6 Å². The topological polar surface area (TPSA) is 114 Å². The second-order valence-electron chi connectivity index (χ2n) is 6.81. The number of nitrogens with zero attached hydrogens (tertiary/aromatic N) is 1. The molecule has 0 aliphatic carbocycles. The molecule has 1 amide bonds. The molecule has 3 aromatic rings. The summed E-state index contributed by atoms with van der Waals surface area (Å²) in [6.07, 6.45) is -0.909. The summed E-state index contributed by atoms with van der Waals surface area (Å²) < 4.78 is 23.3. The first kappa shape index (κ1) is 23.7. The first-order valence-electron chi connectivity index (χ1n) is 10.1. The van der Waals surface area contributed by atoms with Crippen LogP contribution in [-0.4, -0.2) is 18.7 Å². The van der Waals surface area contributed by atoms with Crippen molar-refractivity contribution in [1.29, 1.82) is 5.26 Å². The third kappa shape index (κ3) is 5.64. The van der Waals surface area contributed by atoms with Crippen LogP contribution in [0.2, 0.25) is 0 Å². The number of anilines is 2. The predicted octanol–water partition coefficient (Wildman–Crippen LogP) is 6.08. The monoisotopic (exact) mass is 469 g/mol. The van der Waals surface area contributed by atoms with Gasteiger partial charge in [0.2, 0.25) is 0 Å². The van der Waals surface area contributed by atoms with Gasteiger partial charge >= 0.3 is 7.60 Å². The Morgan fingerprint density at radius 1 is 1.22 bits per heavy atom. The highest BCUT2D eigenvalue weighted by Crippen LogP contribution is 2.51. The minimum atomic E-state index is -3.36. The molecule has 2 atom stereocenters. The van der Waals surface area contributed by atoms with E-state index >= 15 is 0 Å². The maximum absolute atomic E-state index is 12.8. The largest absolute Gasteiger partial charge is 0.397 e. The Balaban J connectivity index is 1.75. The molecule has 32 heavy (non-hydrogen) atoms. The van der Waals surface area contributed by atoms with Gasteiger partial charge in [-0.2, -0.15) is 5.26 Å². The lowest BCUT2D eigenvalue weighted by atomic mass is 10.1. The Bertz CT molecular complexity index is 1160. The van der Waals surface area contributed by atoms with Gasteiger partial charge in [-0.3, -0.25) is 13.9 Å². The lowest BCUT2D eigenvalue weighted by Gasteiger charge is -2.19. The van der Waals surface area contributed by atoms with E-state index in [0.29, 0.717) is 22.5 Å². The second-order valence-corrected chi connectivity index (χ2v) is 10.1. The van der Waals surface area contributed by atoms with Crippen molar-refractivity contribution in [2.24, 2.45) is 0 Å². The van der Waals surface area contributed by atoms with Gasteiger partial charge in [-0.1, -0.05) is 31.2 Å². The van der Waals surface area contributed by atoms with Crippen molar-refractivity contribution in [2.45, 2.75) is 20.0 Å². The summed E-state index contributed by atoms with van der Waals surface area (Å²) in [4.78, 5) is 13.8. The van der Waals surface area contributed by atoms with Gasteiger partial charge in [0.25, 0.3) is 5.91 Å². The molecular weight excluding hydrogens is 445 g/mol. The number of carbonyl (C=O) groups is 1. The molecular formula is C23H24N3O4PS. The molecule has 0 saturated heterocycles. The van der Waals surface area contributed by atoms with Crippen LogP contribution in [0.25, 0.3) is 10.4 Å². The van der Waals surface area contributed by atoms with Crippen molar-refractivity contribution in [1.82, 2.24) is 0 Å². The van der Waals surface area contributed by atoms with Crippen LogP contribution >= 0.6 is 18.9 Å². The fraction of sp³-hybridized carbons (Fsp3) is 0.217. The SMILES string of the molecule is CCOP(=O)(CC)OC(C#N)c1ccc(C(=O)Nc2cc(-c3cccs3)ccc2N)cc1. The fourth-order valence-corrected chi connectivity index (χ4v) is 4.98. The van der Waals surface area contributed by atoms with Crippen LogP contribution in [-0.2, 0) is 13.6 Å². The zero-order valence-corrected chi connectivity index (χ0v) is 19.5. The maximum atomic E-state index is 12.8. The Labute approximate surface area is 191 Å². The summed E-state index contributed by atoms with van der Waals surface area (Å²) in [7, 11) is -3.36. The van der Waals surface area contributed by atoms with Crippen LogP contribution in [0.1, 0.15) is 35.9 Å². The van der Waals surface area contributed by atoms with Crippen molar-refractivity contribution >= 4 is 36.2 Å². The van der Waals surface area contributed by atoms with Gasteiger partial charge in [-0.25, -0.2) is 0 Å². The number of rotatable bonds is 9. The molecule has 0 radical (unpaired) electrons. The molecule has 2 unspecified atom stereocenters. The molecule has 0 bridgehead atoms. The van der Waals surface area contributed by atoms with Crippen LogP contribution in [0.3, 0.4) is 0 Å². The number of nitriles is 1. The fourth-order valence-electron chi connectivity index (χ4n) is 2.98. The van der Waals surface area contributed by atoms with E-state index in [9.17, 15) is 14.6 Å². The van der Waals surface area contributed by atoms with E-state index in [0.717, 1.165) is 10.4 Å². The van der Waals surface area contributed by atoms with Crippen LogP contribution in [0.5, 0.6) is 0 Å². The minimum Gasteiger partial charge on any atom is -0.397 e. The predicted molar refractivity (Wildman–Crippen MR) is 128 cm³/mol. The van der Waals surface area contributed by atoms with Gasteiger partial charge in [-0.05, 0) is 53.8 Å². The third-order valence-electron chi connectivity index (χ3n) is 4.68. The van der Waals surface area contributed by atoms with Gasteiger partial charge in [-0.15, -0.1) is 11.3 Å². The highest BCUT2D eigenvalue weighted by atomic mass is 32.1. The van der Waals surface area contributed by atoms with Crippen molar-refractivity contribution in [3.8, 4) is 16.5 Å². The summed E-state index contributed by atoms with van der Waals surface area (Å²) >= 11 is 1.60. The van der Waals surface area contributed by atoms with Crippen molar-refractivity contribution in [3.63, 3.8) is 0 Å². The number of carbonyl (C=O) groups excluding carboxylic acids is 1. The van der Waals surface area contributed by atoms with Crippen molar-refractivity contribution in [2.75, 3.05) is 23.8 Å². The number of nitrogens with one attached hydrogen (secondary N) is 1. The smallest absolute Gasteiger partial charge is 0.331 e. The zero-order valence-electron chi connectivity index (χ0n) is 17.8. The average Bonchev–Trinajstić information content (AvgIpc) is 3.34. The molecule has 0 aliphatic rings. The first-order chi connectivity index (χ1) is 15.4. The molecule has 0 spiro atoms. The Morgan fingerprint density at radius 2 is 1.97 bits per heavy atom. The number of amides is 1. The van der Waals surface area contributed by atoms with E-state index in [1.807, 2.05) is 35.7 Å². The quantitative estimate of drug-likeness (QED) is 0.290. The van der Waals surface area contributed by atoms with Crippen LogP contribution in [0.15, 0.2) is 60.0 Å². The van der Waals surface area contributed by atoms with Crippen LogP contribution in [0.4, 0.5) is 11.4 Å². The molecule has 0 saturated carbocycles. The zero-order chi connectivity index (χ0) is 23.1. The van der Waals surface area contributed by atoms with Gasteiger partial charge in [0.15, 0.2) is 6.10 Å². The molecule has 3 rings (SSSR count). The summed E-state index contributed by atoms with van der Waals surface area (Å²) in [6, 6.07) is 17.8. The van der Waals surface area contributed by atoms with Crippen molar-refractivity contribution < 1.29 is 18.4 Å². The molecule has 3 N–H and O–H groups in total. The summed E-state index contributed by atoms with van der Waals surface area (Å²) in [5.41, 5.74) is 8.85. The first-order valence-corrected chi connectivity index (χ1v) is 12.7. The van der Waals surface area contributed by atoms with E-state index in [-0.39, 0.29) is 18.7 Å². The number of hydrogen-bond donors (Lipinski definition) is 2. The molecule has 2 aromatic carbocycles. The normalized spacial score (nSPS) is 13.7. The Kier molecular flexibility index (Phi) is 7.84. The van der Waals surface area contributed by atoms with Crippen LogP contribution < -0.4 is 11.1 Å². The second kappa shape index (κ2) is 10.6. The van der Waals surface area contributed by atoms with E-state index in [1.165, 1.54) is 0 Å². The summed E-state index contributed by atoms with van der Waals surface area (Å²) in [6.45, 7) is 3.61. The molecule has 9 heteroatoms. The van der Waals surface area contributed by atoms with E-state index < -0.39 is 13.7 Å². The number of thiophene rings is 1. The van der Waals surface area contributed by atoms with Gasteiger partial charge in [0.05, 0.1) is 24.1 Å². The molecule has 0 aliphatic heterocycles. The Hall–Kier alpha value is -2.95. The lowest BCUT2D eigenvalue weighted by molar-refractivity contribution is 0.102.